The van der Waals surface area contributed by atoms with Gasteiger partial charge in [-0.1, -0.05) is 11.8 Å². The Hall–Kier alpha value is -1.58. The van der Waals surface area contributed by atoms with Crippen molar-refractivity contribution < 1.29 is 13.3 Å². The summed E-state index contributed by atoms with van der Waals surface area (Å²) < 4.78 is 22.6. The van der Waals surface area contributed by atoms with E-state index in [2.05, 4.69) is 11.8 Å². The van der Waals surface area contributed by atoms with E-state index in [1.165, 1.54) is 13.0 Å². The van der Waals surface area contributed by atoms with Crippen LogP contribution in [-0.4, -0.2) is 13.3 Å². The van der Waals surface area contributed by atoms with E-state index in [1.807, 2.05) is 0 Å². The molecule has 0 aliphatic heterocycles. The molecule has 1 aliphatic rings. The average molecular weight is 300 g/mol. The van der Waals surface area contributed by atoms with Crippen molar-refractivity contribution in [2.24, 2.45) is 5.92 Å². The van der Waals surface area contributed by atoms with E-state index >= 15 is 0 Å². The number of nitro benzene ring substituents is 1. The lowest BCUT2D eigenvalue weighted by atomic mass is 10.1. The number of halogens is 1. The molecule has 1 saturated carbocycles. The van der Waals surface area contributed by atoms with Gasteiger partial charge < -0.3 is 0 Å². The molecule has 19 heavy (non-hydrogen) atoms. The number of hydrogen-bond acceptors (Lipinski definition) is 4. The van der Waals surface area contributed by atoms with Gasteiger partial charge in [-0.3, -0.25) is 10.1 Å². The lowest BCUT2D eigenvalue weighted by Gasteiger charge is -2.03. The summed E-state index contributed by atoms with van der Waals surface area (Å²) in [6.07, 6.45) is 2.02. The van der Waals surface area contributed by atoms with Crippen molar-refractivity contribution in [3.05, 3.63) is 33.4 Å². The molecular weight excluding hydrogens is 290 g/mol. The Bertz CT molecular complexity index is 711. The highest BCUT2D eigenvalue weighted by Gasteiger charge is 2.23. The molecule has 0 atom stereocenters. The maximum Gasteiger partial charge on any atom is 0.286 e. The number of aryl methyl sites for hydroxylation is 1. The van der Waals surface area contributed by atoms with Crippen LogP contribution >= 0.6 is 10.7 Å². The van der Waals surface area contributed by atoms with Gasteiger partial charge in [-0.15, -0.1) is 0 Å². The lowest BCUT2D eigenvalue weighted by molar-refractivity contribution is -0.385. The fraction of sp³-hybridized carbons (Fsp3) is 0.333. The third-order valence-corrected chi connectivity index (χ3v) is 4.20. The zero-order valence-corrected chi connectivity index (χ0v) is 11.6. The van der Waals surface area contributed by atoms with Crippen LogP contribution in [0.5, 0.6) is 0 Å². The summed E-state index contributed by atoms with van der Waals surface area (Å²) in [5.41, 5.74) is 0.233. The van der Waals surface area contributed by atoms with E-state index in [9.17, 15) is 18.5 Å². The minimum atomic E-state index is -4.01. The van der Waals surface area contributed by atoms with Gasteiger partial charge in [0.05, 0.1) is 9.82 Å². The fourth-order valence-corrected chi connectivity index (χ4v) is 2.79. The summed E-state index contributed by atoms with van der Waals surface area (Å²) in [6.45, 7) is 1.53. The van der Waals surface area contributed by atoms with Crippen LogP contribution in [-0.2, 0) is 9.05 Å². The molecule has 1 aliphatic carbocycles. The quantitative estimate of drug-likeness (QED) is 0.364. The zero-order chi connectivity index (χ0) is 14.2. The van der Waals surface area contributed by atoms with Crippen molar-refractivity contribution in [2.75, 3.05) is 0 Å². The van der Waals surface area contributed by atoms with Gasteiger partial charge in [-0.25, -0.2) is 8.42 Å². The predicted molar refractivity (Wildman–Crippen MR) is 70.5 cm³/mol. The molecule has 7 heteroatoms. The first-order chi connectivity index (χ1) is 8.79. The van der Waals surface area contributed by atoms with Crippen LogP contribution in [0.15, 0.2) is 17.0 Å². The Labute approximate surface area is 115 Å². The van der Waals surface area contributed by atoms with E-state index in [1.54, 1.807) is 0 Å². The number of rotatable bonds is 2. The minimum Gasteiger partial charge on any atom is -0.258 e. The first-order valence-electron chi connectivity index (χ1n) is 5.54. The summed E-state index contributed by atoms with van der Waals surface area (Å²) >= 11 is 0. The number of benzene rings is 1. The highest BCUT2D eigenvalue weighted by Crippen LogP contribution is 2.30. The van der Waals surface area contributed by atoms with E-state index < -0.39 is 14.0 Å². The van der Waals surface area contributed by atoms with Crippen LogP contribution in [0.1, 0.15) is 24.0 Å². The van der Waals surface area contributed by atoms with Gasteiger partial charge in [-0.2, -0.15) is 0 Å². The molecule has 0 N–H and O–H groups in total. The smallest absolute Gasteiger partial charge is 0.258 e. The molecule has 0 amide bonds. The van der Waals surface area contributed by atoms with Crippen molar-refractivity contribution in [3.63, 3.8) is 0 Å². The highest BCUT2D eigenvalue weighted by molar-refractivity contribution is 8.13. The van der Waals surface area contributed by atoms with E-state index in [-0.39, 0.29) is 16.1 Å². The number of nitrogens with zero attached hydrogens (tertiary/aromatic N) is 1. The van der Waals surface area contributed by atoms with Gasteiger partial charge in [0.15, 0.2) is 0 Å². The van der Waals surface area contributed by atoms with E-state index in [4.69, 9.17) is 10.7 Å². The Kier molecular flexibility index (Phi) is 3.52. The third kappa shape index (κ3) is 3.25. The van der Waals surface area contributed by atoms with Gasteiger partial charge >= 0.3 is 0 Å². The average Bonchev–Trinajstić information content (AvgIpc) is 3.07. The Morgan fingerprint density at radius 1 is 1.42 bits per heavy atom. The first-order valence-corrected chi connectivity index (χ1v) is 7.85. The van der Waals surface area contributed by atoms with Gasteiger partial charge in [0.1, 0.15) is 5.56 Å². The zero-order valence-electron chi connectivity index (χ0n) is 10.0. The Balaban J connectivity index is 2.59. The van der Waals surface area contributed by atoms with Crippen LogP contribution in [0.3, 0.4) is 0 Å². The van der Waals surface area contributed by atoms with Gasteiger partial charge in [0, 0.05) is 22.7 Å². The summed E-state index contributed by atoms with van der Waals surface area (Å²) in [5.74, 6) is 5.97. The highest BCUT2D eigenvalue weighted by atomic mass is 35.7. The molecule has 1 aromatic rings. The third-order valence-electron chi connectivity index (χ3n) is 2.74. The molecule has 0 unspecified atom stereocenters. The molecule has 1 fully saturated rings. The Morgan fingerprint density at radius 2 is 2.05 bits per heavy atom. The van der Waals surface area contributed by atoms with Crippen molar-refractivity contribution >= 4 is 25.4 Å². The maximum absolute atomic E-state index is 11.3. The van der Waals surface area contributed by atoms with Gasteiger partial charge in [0.25, 0.3) is 14.7 Å². The largest absolute Gasteiger partial charge is 0.286 e. The van der Waals surface area contributed by atoms with Crippen molar-refractivity contribution in [2.45, 2.75) is 24.7 Å². The van der Waals surface area contributed by atoms with E-state index in [0.717, 1.165) is 18.9 Å². The number of nitro groups is 1. The van der Waals surface area contributed by atoms with Crippen LogP contribution < -0.4 is 0 Å². The second-order valence-corrected chi connectivity index (χ2v) is 6.91. The Morgan fingerprint density at radius 3 is 2.53 bits per heavy atom. The second kappa shape index (κ2) is 4.83. The molecule has 100 valence electrons. The van der Waals surface area contributed by atoms with Crippen LogP contribution in [0, 0.1) is 34.8 Å². The summed E-state index contributed by atoms with van der Waals surface area (Å²) in [5, 5.41) is 11.0. The molecule has 0 radical (unpaired) electrons. The lowest BCUT2D eigenvalue weighted by Crippen LogP contribution is -2.00. The van der Waals surface area contributed by atoms with Crippen LogP contribution in [0.4, 0.5) is 5.69 Å². The topological polar surface area (TPSA) is 77.3 Å². The molecule has 1 aromatic carbocycles. The van der Waals surface area contributed by atoms with Crippen LogP contribution in [0.2, 0.25) is 0 Å². The standard InChI is InChI=1S/C12H10ClNO4S/c1-8-6-10(5-4-9-2-3-9)11(14(15)16)7-12(8)19(13,17)18/h6-7,9H,2-3H2,1H3. The molecule has 0 bridgehead atoms. The monoisotopic (exact) mass is 299 g/mol. The van der Waals surface area contributed by atoms with E-state index in [0.29, 0.717) is 11.5 Å². The van der Waals surface area contributed by atoms with Crippen molar-refractivity contribution in [3.8, 4) is 11.8 Å². The maximum atomic E-state index is 11.3. The normalized spacial score (nSPS) is 14.6. The molecule has 2 rings (SSSR count). The second-order valence-electron chi connectivity index (χ2n) is 4.37. The SMILES string of the molecule is Cc1cc(C#CC2CC2)c([N+](=O)[O-])cc1S(=O)(=O)Cl. The summed E-state index contributed by atoms with van der Waals surface area (Å²) in [6, 6.07) is 2.36. The van der Waals surface area contributed by atoms with Gasteiger partial charge in [0.2, 0.25) is 0 Å². The fourth-order valence-electron chi connectivity index (χ4n) is 1.60. The molecule has 0 heterocycles. The van der Waals surface area contributed by atoms with Crippen LogP contribution in [0.25, 0.3) is 0 Å². The van der Waals surface area contributed by atoms with Crippen molar-refractivity contribution in [1.82, 2.24) is 0 Å². The van der Waals surface area contributed by atoms with Gasteiger partial charge in [-0.05, 0) is 31.4 Å². The first kappa shape index (κ1) is 13.8. The molecular formula is C12H10ClNO4S. The minimum absolute atomic E-state index is 0.221. The molecule has 0 saturated heterocycles. The summed E-state index contributed by atoms with van der Waals surface area (Å²) in [4.78, 5) is 10.1. The predicted octanol–water partition coefficient (Wildman–Crippen LogP) is 2.59. The molecule has 5 nitrogen and oxygen atoms in total. The molecule has 0 aromatic heterocycles. The summed E-state index contributed by atoms with van der Waals surface area (Å²) in [7, 11) is 1.24. The molecule has 0 spiro atoms. The number of hydrogen-bond donors (Lipinski definition) is 0. The van der Waals surface area contributed by atoms with Crippen molar-refractivity contribution in [1.29, 1.82) is 0 Å².